The summed E-state index contributed by atoms with van der Waals surface area (Å²) in [6.45, 7) is 2.17. The van der Waals surface area contributed by atoms with Crippen LogP contribution in [0.25, 0.3) is 17.2 Å². The first-order valence-corrected chi connectivity index (χ1v) is 7.35. The summed E-state index contributed by atoms with van der Waals surface area (Å²) in [6, 6.07) is 10.3. The molecule has 2 aliphatic rings. The number of nitrogens with one attached hydrogen (secondary N) is 1. The van der Waals surface area contributed by atoms with E-state index < -0.39 is 5.91 Å². The van der Waals surface area contributed by atoms with Gasteiger partial charge in [0.1, 0.15) is 0 Å². The second-order valence-electron chi connectivity index (χ2n) is 5.99. The van der Waals surface area contributed by atoms with Crippen LogP contribution in [0.5, 0.6) is 0 Å². The smallest absolute Gasteiger partial charge is 0.267 e. The van der Waals surface area contributed by atoms with E-state index in [0.29, 0.717) is 5.56 Å². The van der Waals surface area contributed by atoms with Crippen LogP contribution in [-0.4, -0.2) is 5.91 Å². The van der Waals surface area contributed by atoms with Gasteiger partial charge in [0.05, 0.1) is 0 Å². The molecule has 4 rings (SSSR count). The maximum Gasteiger partial charge on any atom is 0.269 e. The Morgan fingerprint density at radius 1 is 1.05 bits per heavy atom. The molecule has 0 aromatic heterocycles. The highest BCUT2D eigenvalue weighted by atomic mass is 16.1. The van der Waals surface area contributed by atoms with Crippen LogP contribution in [0.3, 0.4) is 0 Å². The Bertz CT molecular complexity index is 815. The molecule has 1 amide bonds. The molecule has 0 fully saturated rings. The van der Waals surface area contributed by atoms with E-state index in [-0.39, 0.29) is 0 Å². The van der Waals surface area contributed by atoms with Gasteiger partial charge >= 0.3 is 0 Å². The van der Waals surface area contributed by atoms with Crippen molar-refractivity contribution in [2.45, 2.75) is 26.2 Å². The van der Waals surface area contributed by atoms with Crippen molar-refractivity contribution < 1.29 is 4.79 Å². The van der Waals surface area contributed by atoms with E-state index in [1.807, 2.05) is 12.1 Å². The SMILES string of the molecule is CC1=Cc2c(cccc2-c2ccc(C([NH])=O)c3c2CC3)C1. The van der Waals surface area contributed by atoms with Gasteiger partial charge < -0.3 is 0 Å². The van der Waals surface area contributed by atoms with Crippen molar-refractivity contribution in [1.29, 1.82) is 0 Å². The molecule has 21 heavy (non-hydrogen) atoms. The fourth-order valence-corrected chi connectivity index (χ4v) is 3.57. The van der Waals surface area contributed by atoms with Crippen LogP contribution in [0.4, 0.5) is 0 Å². The van der Waals surface area contributed by atoms with E-state index in [1.54, 1.807) is 0 Å². The van der Waals surface area contributed by atoms with Gasteiger partial charge in [-0.2, -0.15) is 0 Å². The van der Waals surface area contributed by atoms with Crippen molar-refractivity contribution in [3.05, 3.63) is 63.7 Å². The Hall–Kier alpha value is -2.35. The average Bonchev–Trinajstić information content (AvgIpc) is 2.79. The lowest BCUT2D eigenvalue weighted by Crippen LogP contribution is -2.17. The number of carbonyl (C=O) groups is 1. The summed E-state index contributed by atoms with van der Waals surface area (Å²) in [6.07, 6.45) is 5.25. The summed E-state index contributed by atoms with van der Waals surface area (Å²) in [5.41, 5.74) is 16.9. The van der Waals surface area contributed by atoms with Gasteiger partial charge in [-0.3, -0.25) is 10.5 Å². The number of amides is 1. The molecule has 0 aliphatic heterocycles. The minimum absolute atomic E-state index is 0.563. The predicted octanol–water partition coefficient (Wildman–Crippen LogP) is 3.83. The second kappa shape index (κ2) is 4.32. The van der Waals surface area contributed by atoms with E-state index >= 15 is 0 Å². The number of hydrogen-bond acceptors (Lipinski definition) is 1. The molecule has 0 heterocycles. The molecule has 2 aliphatic carbocycles. The predicted molar refractivity (Wildman–Crippen MR) is 84.1 cm³/mol. The average molecular weight is 274 g/mol. The van der Waals surface area contributed by atoms with E-state index in [0.717, 1.165) is 24.8 Å². The zero-order valence-corrected chi connectivity index (χ0v) is 12.0. The Morgan fingerprint density at radius 3 is 2.57 bits per heavy atom. The molecule has 103 valence electrons. The van der Waals surface area contributed by atoms with Crippen molar-refractivity contribution in [3.8, 4) is 11.1 Å². The number of rotatable bonds is 2. The number of fused-ring (bicyclic) bond motifs is 2. The van der Waals surface area contributed by atoms with Gasteiger partial charge in [0.15, 0.2) is 0 Å². The summed E-state index contributed by atoms with van der Waals surface area (Å²) in [5.74, 6) is -0.563. The van der Waals surface area contributed by atoms with Crippen molar-refractivity contribution in [2.24, 2.45) is 0 Å². The summed E-state index contributed by atoms with van der Waals surface area (Å²) in [7, 11) is 0. The lowest BCUT2D eigenvalue weighted by molar-refractivity contribution is 0.0990. The van der Waals surface area contributed by atoms with Crippen LogP contribution in [0, 0.1) is 0 Å². The van der Waals surface area contributed by atoms with Crippen LogP contribution >= 0.6 is 0 Å². The van der Waals surface area contributed by atoms with Gasteiger partial charge in [-0.25, -0.2) is 0 Å². The van der Waals surface area contributed by atoms with E-state index in [2.05, 4.69) is 31.2 Å². The molecule has 0 bridgehead atoms. The molecule has 0 atom stereocenters. The van der Waals surface area contributed by atoms with Crippen molar-refractivity contribution in [1.82, 2.24) is 5.73 Å². The molecule has 0 saturated carbocycles. The zero-order valence-electron chi connectivity index (χ0n) is 12.0. The van der Waals surface area contributed by atoms with Crippen LogP contribution in [-0.2, 0) is 19.3 Å². The third-order valence-electron chi connectivity index (χ3n) is 4.65. The maximum atomic E-state index is 11.4. The third kappa shape index (κ3) is 1.75. The van der Waals surface area contributed by atoms with Gasteiger partial charge in [-0.1, -0.05) is 35.9 Å². The van der Waals surface area contributed by atoms with Gasteiger partial charge in [0, 0.05) is 5.56 Å². The van der Waals surface area contributed by atoms with Gasteiger partial charge in [0.25, 0.3) is 5.91 Å². The molecule has 2 aromatic carbocycles. The molecule has 0 spiro atoms. The fraction of sp³-hybridized carbons (Fsp3) is 0.211. The lowest BCUT2D eigenvalue weighted by atomic mass is 9.78. The van der Waals surface area contributed by atoms with Crippen LogP contribution in [0.2, 0.25) is 0 Å². The summed E-state index contributed by atoms with van der Waals surface area (Å²) in [4.78, 5) is 11.4. The van der Waals surface area contributed by atoms with Crippen molar-refractivity contribution >= 4 is 12.0 Å². The highest BCUT2D eigenvalue weighted by Gasteiger charge is 2.25. The normalized spacial score (nSPS) is 15.0. The van der Waals surface area contributed by atoms with E-state index in [9.17, 15) is 4.79 Å². The minimum Gasteiger partial charge on any atom is -0.267 e. The Kier molecular flexibility index (Phi) is 2.55. The topological polar surface area (TPSA) is 40.9 Å². The molecular formula is C19H16NO. The van der Waals surface area contributed by atoms with E-state index in [1.165, 1.54) is 33.4 Å². The lowest BCUT2D eigenvalue weighted by Gasteiger charge is -2.25. The number of allylic oxidation sites excluding steroid dienone is 1. The number of hydrogen-bond donors (Lipinski definition) is 0. The molecule has 0 unspecified atom stereocenters. The molecule has 1 N–H and O–H groups in total. The highest BCUT2D eigenvalue weighted by Crippen LogP contribution is 2.40. The quantitative estimate of drug-likeness (QED) is 0.820. The molecular weight excluding hydrogens is 258 g/mol. The maximum absolute atomic E-state index is 11.4. The molecule has 0 saturated heterocycles. The highest BCUT2D eigenvalue weighted by molar-refractivity contribution is 5.96. The minimum atomic E-state index is -0.563. The largest absolute Gasteiger partial charge is 0.269 e. The van der Waals surface area contributed by atoms with Crippen LogP contribution < -0.4 is 5.73 Å². The Morgan fingerprint density at radius 2 is 1.86 bits per heavy atom. The number of carbonyl (C=O) groups excluding carboxylic acids is 1. The zero-order chi connectivity index (χ0) is 14.6. The number of benzene rings is 2. The summed E-state index contributed by atoms with van der Waals surface area (Å²) < 4.78 is 0. The Balaban J connectivity index is 1.92. The van der Waals surface area contributed by atoms with Gasteiger partial charge in [-0.15, -0.1) is 0 Å². The van der Waals surface area contributed by atoms with Gasteiger partial charge in [-0.05, 0) is 65.6 Å². The van der Waals surface area contributed by atoms with E-state index in [4.69, 9.17) is 5.73 Å². The Labute approximate surface area is 124 Å². The molecule has 2 nitrogen and oxygen atoms in total. The molecule has 2 aromatic rings. The summed E-state index contributed by atoms with van der Waals surface area (Å²) in [5, 5.41) is 0. The molecule has 1 radical (unpaired) electrons. The van der Waals surface area contributed by atoms with Crippen LogP contribution in [0.15, 0.2) is 35.9 Å². The monoisotopic (exact) mass is 274 g/mol. The van der Waals surface area contributed by atoms with Crippen LogP contribution in [0.1, 0.15) is 39.5 Å². The standard InChI is InChI=1S/C19H16NO/c1-11-9-12-3-2-4-13(18(12)10-11)14-7-8-17(19(20)21)16-6-5-15(14)16/h2-4,7-8,10,20H,5-6,9H2,1H3. The van der Waals surface area contributed by atoms with Crippen molar-refractivity contribution in [2.75, 3.05) is 0 Å². The molecule has 2 heteroatoms. The second-order valence-corrected chi connectivity index (χ2v) is 5.99. The van der Waals surface area contributed by atoms with Gasteiger partial charge in [0.2, 0.25) is 0 Å². The van der Waals surface area contributed by atoms with Crippen molar-refractivity contribution in [3.63, 3.8) is 0 Å². The third-order valence-corrected chi connectivity index (χ3v) is 4.65. The first-order chi connectivity index (χ1) is 10.1. The summed E-state index contributed by atoms with van der Waals surface area (Å²) >= 11 is 0. The first kappa shape index (κ1) is 12.4. The fourth-order valence-electron chi connectivity index (χ4n) is 3.57. The first-order valence-electron chi connectivity index (χ1n) is 7.35.